The maximum absolute atomic E-state index is 13.2. The molecule has 2 unspecified atom stereocenters. The SMILES string of the molecule is CCCCCCN(C(=O)OC)C1CCN(C[C@H]2CC(N(C)C(=O)c3ccccc3)CC2c2ccccc2)CC1. The summed E-state index contributed by atoms with van der Waals surface area (Å²) in [5.41, 5.74) is 2.14. The number of benzene rings is 2. The number of hydrogen-bond donors (Lipinski definition) is 0. The summed E-state index contributed by atoms with van der Waals surface area (Å²) < 4.78 is 5.15. The summed E-state index contributed by atoms with van der Waals surface area (Å²) >= 11 is 0. The number of piperidine rings is 1. The second-order valence-electron chi connectivity index (χ2n) is 11.4. The Morgan fingerprint density at radius 2 is 1.56 bits per heavy atom. The van der Waals surface area contributed by atoms with Crippen molar-refractivity contribution in [2.24, 2.45) is 5.92 Å². The lowest BCUT2D eigenvalue weighted by Gasteiger charge is -2.39. The van der Waals surface area contributed by atoms with Crippen molar-refractivity contribution in [3.05, 3.63) is 71.8 Å². The highest BCUT2D eigenvalue weighted by Crippen LogP contribution is 2.42. The third kappa shape index (κ3) is 7.63. The van der Waals surface area contributed by atoms with Crippen molar-refractivity contribution in [2.45, 2.75) is 76.3 Å². The Labute approximate surface area is 235 Å². The molecular weight excluding hydrogens is 486 g/mol. The summed E-state index contributed by atoms with van der Waals surface area (Å²) in [6.07, 6.45) is 8.41. The van der Waals surface area contributed by atoms with Gasteiger partial charge < -0.3 is 19.4 Å². The molecule has 1 aliphatic carbocycles. The van der Waals surface area contributed by atoms with Crippen LogP contribution in [0.2, 0.25) is 0 Å². The lowest BCUT2D eigenvalue weighted by molar-refractivity contribution is 0.0696. The van der Waals surface area contributed by atoms with E-state index in [9.17, 15) is 9.59 Å². The third-order valence-corrected chi connectivity index (χ3v) is 8.94. The van der Waals surface area contributed by atoms with Crippen molar-refractivity contribution in [3.63, 3.8) is 0 Å². The maximum Gasteiger partial charge on any atom is 0.409 e. The average Bonchev–Trinajstić information content (AvgIpc) is 3.41. The third-order valence-electron chi connectivity index (χ3n) is 8.94. The van der Waals surface area contributed by atoms with Gasteiger partial charge in [0.25, 0.3) is 5.91 Å². The summed E-state index contributed by atoms with van der Waals surface area (Å²) in [5, 5.41) is 0. The number of ether oxygens (including phenoxy) is 1. The number of rotatable bonds is 11. The fourth-order valence-corrected chi connectivity index (χ4v) is 6.67. The van der Waals surface area contributed by atoms with E-state index in [2.05, 4.69) is 42.2 Å². The largest absolute Gasteiger partial charge is 0.453 e. The number of carbonyl (C=O) groups is 2. The van der Waals surface area contributed by atoms with Gasteiger partial charge in [0.05, 0.1) is 7.11 Å². The molecule has 3 atom stereocenters. The van der Waals surface area contributed by atoms with E-state index in [0.717, 1.165) is 70.3 Å². The van der Waals surface area contributed by atoms with Crippen LogP contribution in [-0.4, -0.2) is 79.1 Å². The van der Waals surface area contributed by atoms with Gasteiger partial charge in [-0.2, -0.15) is 0 Å². The normalized spacial score (nSPS) is 22.0. The quantitative estimate of drug-likeness (QED) is 0.312. The van der Waals surface area contributed by atoms with Crippen molar-refractivity contribution in [2.75, 3.05) is 40.3 Å². The minimum absolute atomic E-state index is 0.107. The predicted molar refractivity (Wildman–Crippen MR) is 157 cm³/mol. The molecule has 39 heavy (non-hydrogen) atoms. The summed E-state index contributed by atoms with van der Waals surface area (Å²) in [6, 6.07) is 21.0. The molecule has 0 aromatic heterocycles. The molecule has 2 fully saturated rings. The zero-order valence-corrected chi connectivity index (χ0v) is 24.1. The lowest BCUT2D eigenvalue weighted by atomic mass is 9.88. The number of methoxy groups -OCH3 is 1. The van der Waals surface area contributed by atoms with Crippen LogP contribution in [0, 0.1) is 5.92 Å². The van der Waals surface area contributed by atoms with E-state index < -0.39 is 0 Å². The Kier molecular flexibility index (Phi) is 10.8. The first-order valence-electron chi connectivity index (χ1n) is 15.0. The standard InChI is InChI=1S/C33H47N3O3/c1-4-5-6-13-20-36(33(38)39-3)29-18-21-35(22-19-29)25-28-23-30(24-31(28)26-14-9-7-10-15-26)34(2)32(37)27-16-11-8-12-17-27/h7-12,14-17,28-31H,4-6,13,18-25H2,1-3H3/t28-,30?,31?/m1/s1. The van der Waals surface area contributed by atoms with Gasteiger partial charge in [0.2, 0.25) is 0 Å². The van der Waals surface area contributed by atoms with Crippen LogP contribution >= 0.6 is 0 Å². The van der Waals surface area contributed by atoms with Crippen LogP contribution in [0.15, 0.2) is 60.7 Å². The monoisotopic (exact) mass is 533 g/mol. The van der Waals surface area contributed by atoms with Gasteiger partial charge in [-0.3, -0.25) is 4.79 Å². The average molecular weight is 534 g/mol. The van der Waals surface area contributed by atoms with Gasteiger partial charge in [-0.25, -0.2) is 4.79 Å². The Morgan fingerprint density at radius 1 is 0.897 bits per heavy atom. The maximum atomic E-state index is 13.2. The van der Waals surface area contributed by atoms with Crippen molar-refractivity contribution in [1.29, 1.82) is 0 Å². The van der Waals surface area contributed by atoms with Crippen molar-refractivity contribution in [3.8, 4) is 0 Å². The number of hydrogen-bond acceptors (Lipinski definition) is 4. The molecule has 1 heterocycles. The highest BCUT2D eigenvalue weighted by Gasteiger charge is 2.40. The highest BCUT2D eigenvalue weighted by atomic mass is 16.5. The molecule has 0 spiro atoms. The Bertz CT molecular complexity index is 1020. The molecule has 2 aromatic rings. The van der Waals surface area contributed by atoms with Gasteiger partial charge in [0.1, 0.15) is 0 Å². The van der Waals surface area contributed by atoms with Crippen LogP contribution in [0.4, 0.5) is 4.79 Å². The molecule has 2 aromatic carbocycles. The Hall–Kier alpha value is -2.86. The Balaban J connectivity index is 1.38. The zero-order valence-electron chi connectivity index (χ0n) is 24.1. The molecule has 212 valence electrons. The number of carbonyl (C=O) groups excluding carboxylic acids is 2. The molecule has 0 radical (unpaired) electrons. The number of likely N-dealkylation sites (tertiary alicyclic amines) is 1. The first-order valence-corrected chi connectivity index (χ1v) is 15.0. The molecule has 0 N–H and O–H groups in total. The predicted octanol–water partition coefficient (Wildman–Crippen LogP) is 6.43. The fourth-order valence-electron chi connectivity index (χ4n) is 6.67. The van der Waals surface area contributed by atoms with Gasteiger partial charge in [0, 0.05) is 50.9 Å². The van der Waals surface area contributed by atoms with E-state index in [0.29, 0.717) is 11.8 Å². The van der Waals surface area contributed by atoms with E-state index in [1.54, 1.807) is 0 Å². The highest BCUT2D eigenvalue weighted by molar-refractivity contribution is 5.94. The zero-order chi connectivity index (χ0) is 27.6. The van der Waals surface area contributed by atoms with Crippen LogP contribution in [0.25, 0.3) is 0 Å². The smallest absolute Gasteiger partial charge is 0.409 e. The first-order chi connectivity index (χ1) is 19.0. The minimum Gasteiger partial charge on any atom is -0.453 e. The molecule has 0 bridgehead atoms. The van der Waals surface area contributed by atoms with Crippen LogP contribution < -0.4 is 0 Å². The summed E-state index contributed by atoms with van der Waals surface area (Å²) in [6.45, 7) is 6.02. The Morgan fingerprint density at radius 3 is 2.21 bits per heavy atom. The van der Waals surface area contributed by atoms with E-state index in [4.69, 9.17) is 4.74 Å². The van der Waals surface area contributed by atoms with Crippen LogP contribution in [0.1, 0.15) is 80.1 Å². The molecular formula is C33H47N3O3. The number of unbranched alkanes of at least 4 members (excludes halogenated alkanes) is 3. The molecule has 2 amide bonds. The van der Waals surface area contributed by atoms with Gasteiger partial charge in [-0.15, -0.1) is 0 Å². The molecule has 1 saturated carbocycles. The number of amides is 2. The summed E-state index contributed by atoms with van der Waals surface area (Å²) in [5.74, 6) is 1.03. The summed E-state index contributed by atoms with van der Waals surface area (Å²) in [4.78, 5) is 32.3. The molecule has 1 aliphatic heterocycles. The van der Waals surface area contributed by atoms with Gasteiger partial charge in [-0.05, 0) is 61.6 Å². The molecule has 6 nitrogen and oxygen atoms in total. The van der Waals surface area contributed by atoms with E-state index in [1.165, 1.54) is 25.5 Å². The van der Waals surface area contributed by atoms with Crippen molar-refractivity contribution >= 4 is 12.0 Å². The lowest BCUT2D eigenvalue weighted by Crippen LogP contribution is -2.48. The van der Waals surface area contributed by atoms with Gasteiger partial charge in [0.15, 0.2) is 0 Å². The molecule has 4 rings (SSSR count). The van der Waals surface area contributed by atoms with Crippen LogP contribution in [0.3, 0.4) is 0 Å². The molecule has 6 heteroatoms. The van der Waals surface area contributed by atoms with E-state index in [-0.39, 0.29) is 24.1 Å². The van der Waals surface area contributed by atoms with Gasteiger partial charge >= 0.3 is 6.09 Å². The minimum atomic E-state index is -0.182. The van der Waals surface area contributed by atoms with Crippen LogP contribution in [0.5, 0.6) is 0 Å². The first kappa shape index (κ1) is 29.1. The second kappa shape index (κ2) is 14.5. The topological polar surface area (TPSA) is 53.1 Å². The second-order valence-corrected chi connectivity index (χ2v) is 11.4. The van der Waals surface area contributed by atoms with Gasteiger partial charge in [-0.1, -0.05) is 74.7 Å². The molecule has 2 aliphatic rings. The van der Waals surface area contributed by atoms with E-state index >= 15 is 0 Å². The van der Waals surface area contributed by atoms with Crippen molar-refractivity contribution < 1.29 is 14.3 Å². The van der Waals surface area contributed by atoms with Crippen LogP contribution in [-0.2, 0) is 4.74 Å². The molecule has 1 saturated heterocycles. The van der Waals surface area contributed by atoms with E-state index in [1.807, 2.05) is 47.2 Å². The fraction of sp³-hybridized carbons (Fsp3) is 0.576. The van der Waals surface area contributed by atoms with Crippen molar-refractivity contribution in [1.82, 2.24) is 14.7 Å². The number of nitrogens with zero attached hydrogens (tertiary/aromatic N) is 3. The summed E-state index contributed by atoms with van der Waals surface area (Å²) in [7, 11) is 3.47.